The van der Waals surface area contributed by atoms with Crippen molar-refractivity contribution in [2.24, 2.45) is 0 Å². The van der Waals surface area contributed by atoms with E-state index in [9.17, 15) is 40.3 Å². The molecule has 0 aliphatic heterocycles. The lowest BCUT2D eigenvalue weighted by Crippen LogP contribution is -2.36. The van der Waals surface area contributed by atoms with Crippen molar-refractivity contribution in [3.8, 4) is 5.75 Å². The summed E-state index contributed by atoms with van der Waals surface area (Å²) in [7, 11) is 0. The molecule has 6 nitrogen and oxygen atoms in total. The summed E-state index contributed by atoms with van der Waals surface area (Å²) < 4.78 is 94.0. The van der Waals surface area contributed by atoms with Gasteiger partial charge in [0.2, 0.25) is 0 Å². The Bertz CT molecular complexity index is 1060. The number of hydrogen-bond acceptors (Lipinski definition) is 4. The lowest BCUT2D eigenvalue weighted by molar-refractivity contribution is -0.139. The number of carbonyl (C=O) groups is 2. The number of halogens is 7. The fraction of sp³-hybridized carbons (Fsp3) is 0.273. The predicted molar refractivity (Wildman–Crippen MR) is 110 cm³/mol. The monoisotopic (exact) mass is 508 g/mol. The average Bonchev–Trinajstić information content (AvgIpc) is 2.77. The van der Waals surface area contributed by atoms with E-state index in [0.717, 1.165) is 12.1 Å². The Morgan fingerprint density at radius 1 is 1.00 bits per heavy atom. The maximum Gasteiger partial charge on any atom is 0.416 e. The van der Waals surface area contributed by atoms with E-state index in [2.05, 4.69) is 10.6 Å². The number of rotatable bonds is 9. The second kappa shape index (κ2) is 11.7. The summed E-state index contributed by atoms with van der Waals surface area (Å²) in [5.74, 6) is -3.10. The van der Waals surface area contributed by atoms with Gasteiger partial charge in [0.25, 0.3) is 11.8 Å². The summed E-state index contributed by atoms with van der Waals surface area (Å²) in [5.41, 5.74) is -2.27. The molecule has 0 aliphatic carbocycles. The third-order valence-electron chi connectivity index (χ3n) is 4.29. The van der Waals surface area contributed by atoms with Crippen LogP contribution < -0.4 is 15.4 Å². The Morgan fingerprint density at radius 2 is 1.66 bits per heavy atom. The molecule has 190 valence electrons. The molecule has 2 aromatic carbocycles. The summed E-state index contributed by atoms with van der Waals surface area (Å²) in [5, 5.41) is 13.3. The van der Waals surface area contributed by atoms with Gasteiger partial charge in [-0.1, -0.05) is 6.07 Å². The lowest BCUT2D eigenvalue weighted by atomic mass is 10.1. The Morgan fingerprint density at radius 3 is 2.20 bits per heavy atom. The molecule has 2 amide bonds. The van der Waals surface area contributed by atoms with Gasteiger partial charge in [-0.15, -0.1) is 0 Å². The van der Waals surface area contributed by atoms with Gasteiger partial charge in [0.05, 0.1) is 25.2 Å². The summed E-state index contributed by atoms with van der Waals surface area (Å²) in [4.78, 5) is 24.9. The first-order valence-corrected chi connectivity index (χ1v) is 9.88. The lowest BCUT2D eigenvalue weighted by Gasteiger charge is -2.12. The Balaban J connectivity index is 2.21. The fourth-order valence-corrected chi connectivity index (χ4v) is 2.58. The molecule has 0 aromatic heterocycles. The highest BCUT2D eigenvalue weighted by Crippen LogP contribution is 2.30. The van der Waals surface area contributed by atoms with Crippen LogP contribution in [0.15, 0.2) is 48.2 Å². The molecule has 0 saturated heterocycles. The topological polar surface area (TPSA) is 87.7 Å². The van der Waals surface area contributed by atoms with Gasteiger partial charge in [-0.25, -0.2) is 4.39 Å². The second-order valence-corrected chi connectivity index (χ2v) is 6.96. The van der Waals surface area contributed by atoms with Crippen LogP contribution in [0.25, 0.3) is 6.08 Å². The van der Waals surface area contributed by atoms with Gasteiger partial charge in [-0.05, 0) is 42.5 Å². The average molecular weight is 508 g/mol. The molecule has 0 unspecified atom stereocenters. The number of amides is 2. The zero-order valence-corrected chi connectivity index (χ0v) is 17.8. The van der Waals surface area contributed by atoms with Crippen molar-refractivity contribution < 1.29 is 50.2 Å². The van der Waals surface area contributed by atoms with Crippen LogP contribution in [-0.2, 0) is 11.0 Å². The first-order chi connectivity index (χ1) is 16.3. The van der Waals surface area contributed by atoms with Crippen LogP contribution in [0.4, 0.5) is 30.7 Å². The van der Waals surface area contributed by atoms with E-state index in [1.54, 1.807) is 0 Å². The number of aliphatic hydroxyl groups is 1. The Hall–Kier alpha value is -3.61. The number of carbonyl (C=O) groups excluding carboxylic acids is 2. The minimum atomic E-state index is -4.79. The quantitative estimate of drug-likeness (QED) is 0.352. The molecule has 0 saturated carbocycles. The summed E-state index contributed by atoms with van der Waals surface area (Å²) in [6.45, 7) is -1.32. The number of benzene rings is 2. The molecule has 0 fully saturated rings. The van der Waals surface area contributed by atoms with Gasteiger partial charge < -0.3 is 20.5 Å². The first-order valence-electron chi connectivity index (χ1n) is 9.88. The van der Waals surface area contributed by atoms with Crippen molar-refractivity contribution >= 4 is 17.9 Å². The first kappa shape index (κ1) is 27.6. The molecule has 0 heterocycles. The van der Waals surface area contributed by atoms with Crippen LogP contribution in [0.5, 0.6) is 5.75 Å². The normalized spacial score (nSPS) is 12.3. The van der Waals surface area contributed by atoms with Crippen LogP contribution in [0, 0.1) is 5.82 Å². The highest BCUT2D eigenvalue weighted by Gasteiger charge is 2.31. The van der Waals surface area contributed by atoms with Crippen LogP contribution >= 0.6 is 0 Å². The van der Waals surface area contributed by atoms with Crippen molar-refractivity contribution in [1.29, 1.82) is 0 Å². The summed E-state index contributed by atoms with van der Waals surface area (Å²) >= 11 is 0. The van der Waals surface area contributed by atoms with E-state index in [-0.39, 0.29) is 23.9 Å². The highest BCUT2D eigenvalue weighted by molar-refractivity contribution is 6.05. The summed E-state index contributed by atoms with van der Waals surface area (Å²) in [6.07, 6.45) is -9.55. The zero-order valence-electron chi connectivity index (χ0n) is 17.8. The fourth-order valence-electron chi connectivity index (χ4n) is 2.58. The molecular weight excluding hydrogens is 489 g/mol. The molecular formula is C22H19F7N2O4. The molecule has 35 heavy (non-hydrogen) atoms. The van der Waals surface area contributed by atoms with Crippen molar-refractivity contribution in [1.82, 2.24) is 10.6 Å². The minimum absolute atomic E-state index is 0.0501. The predicted octanol–water partition coefficient (Wildman–Crippen LogP) is 4.06. The molecule has 2 rings (SSSR count). The largest absolute Gasteiger partial charge is 0.493 e. The van der Waals surface area contributed by atoms with Crippen LogP contribution in [0.1, 0.15) is 27.9 Å². The van der Waals surface area contributed by atoms with E-state index in [0.29, 0.717) is 6.07 Å². The van der Waals surface area contributed by atoms with E-state index in [1.165, 1.54) is 24.3 Å². The van der Waals surface area contributed by atoms with Gasteiger partial charge in [0.15, 0.2) is 0 Å². The van der Waals surface area contributed by atoms with Crippen LogP contribution in [0.2, 0.25) is 0 Å². The maximum absolute atomic E-state index is 14.2. The third kappa shape index (κ3) is 8.92. The molecule has 0 radical (unpaired) electrons. The van der Waals surface area contributed by atoms with E-state index in [1.807, 2.05) is 0 Å². The van der Waals surface area contributed by atoms with E-state index in [4.69, 9.17) is 9.84 Å². The van der Waals surface area contributed by atoms with Crippen LogP contribution in [0.3, 0.4) is 0 Å². The molecule has 2 aromatic rings. The van der Waals surface area contributed by atoms with Gasteiger partial charge in [-0.2, -0.15) is 26.3 Å². The molecule has 3 N–H and O–H groups in total. The van der Waals surface area contributed by atoms with Gasteiger partial charge >= 0.3 is 12.4 Å². The molecule has 13 heteroatoms. The van der Waals surface area contributed by atoms with Gasteiger partial charge in [0, 0.05) is 17.7 Å². The standard InChI is InChI=1S/C22H19F7N2O4/c23-17-12-15(22(27,28)29)4-1-14(17)11-18(20(34)30-8-9-32)31-19(33)13-2-5-16(6-3-13)35-10-7-21(24,25)26/h1-6,11-12,32H,7-10H2,(H,30,34)(H,31,33)/b18-11+. The second-order valence-electron chi connectivity index (χ2n) is 6.96. The van der Waals surface area contributed by atoms with Crippen molar-refractivity contribution in [2.75, 3.05) is 19.8 Å². The zero-order chi connectivity index (χ0) is 26.2. The number of hydrogen-bond donors (Lipinski definition) is 3. The minimum Gasteiger partial charge on any atom is -0.493 e. The maximum atomic E-state index is 14.2. The van der Waals surface area contributed by atoms with Crippen molar-refractivity contribution in [3.63, 3.8) is 0 Å². The number of ether oxygens (including phenoxy) is 1. The van der Waals surface area contributed by atoms with Crippen molar-refractivity contribution in [3.05, 3.63) is 70.7 Å². The van der Waals surface area contributed by atoms with E-state index >= 15 is 0 Å². The molecule has 0 bridgehead atoms. The number of aliphatic hydroxyl groups excluding tert-OH is 1. The number of alkyl halides is 6. The van der Waals surface area contributed by atoms with Crippen molar-refractivity contribution in [2.45, 2.75) is 18.8 Å². The van der Waals surface area contributed by atoms with Gasteiger partial charge in [-0.3, -0.25) is 9.59 Å². The highest BCUT2D eigenvalue weighted by atomic mass is 19.4. The number of nitrogens with one attached hydrogen (secondary N) is 2. The van der Waals surface area contributed by atoms with E-state index < -0.39 is 66.4 Å². The molecule has 0 aliphatic rings. The third-order valence-corrected chi connectivity index (χ3v) is 4.29. The molecule has 0 spiro atoms. The Kier molecular flexibility index (Phi) is 9.23. The molecule has 0 atom stereocenters. The smallest absolute Gasteiger partial charge is 0.416 e. The Labute approximate surface area is 194 Å². The SMILES string of the molecule is O=C(NCCO)/C(=C\c1ccc(C(F)(F)F)cc1F)NC(=O)c1ccc(OCCC(F)(F)F)cc1. The van der Waals surface area contributed by atoms with Crippen LogP contribution in [-0.4, -0.2) is 42.9 Å². The summed E-state index contributed by atoms with van der Waals surface area (Å²) in [6, 6.07) is 6.43. The van der Waals surface area contributed by atoms with Gasteiger partial charge in [0.1, 0.15) is 17.3 Å².